The van der Waals surface area contributed by atoms with E-state index < -0.39 is 17.8 Å². The van der Waals surface area contributed by atoms with E-state index in [1.54, 1.807) is 30.3 Å². The number of carbonyl (C=O) groups excluding carboxylic acids is 3. The predicted octanol–water partition coefficient (Wildman–Crippen LogP) is 6.06. The summed E-state index contributed by atoms with van der Waals surface area (Å²) in [5, 5.41) is 2.48. The number of hydrogen-bond donors (Lipinski definition) is 1. The number of imide groups is 2. The summed E-state index contributed by atoms with van der Waals surface area (Å²) >= 11 is 9.92. The molecule has 36 heavy (non-hydrogen) atoms. The highest BCUT2D eigenvalue weighted by Crippen LogP contribution is 2.38. The van der Waals surface area contributed by atoms with Crippen LogP contribution in [0, 0.1) is 6.92 Å². The number of amides is 4. The largest absolute Gasteiger partial charge is 0.490 e. The molecule has 9 heteroatoms. The molecule has 1 fully saturated rings. The first-order valence-corrected chi connectivity index (χ1v) is 12.3. The number of nitrogens with one attached hydrogen (secondary N) is 1. The Balaban J connectivity index is 1.67. The van der Waals surface area contributed by atoms with Crippen molar-refractivity contribution in [2.75, 3.05) is 11.5 Å². The first kappa shape index (κ1) is 25.5. The van der Waals surface area contributed by atoms with Crippen LogP contribution in [-0.4, -0.2) is 24.5 Å². The SMILES string of the molecule is CCOc1cc(/C=C2\C(=O)NC(=O)N(c3ccc(Br)c(C)c3)C2=O)cc(Cl)c1OCc1ccccc1. The van der Waals surface area contributed by atoms with E-state index in [1.807, 2.05) is 44.2 Å². The van der Waals surface area contributed by atoms with E-state index in [-0.39, 0.29) is 17.2 Å². The molecule has 0 saturated carbocycles. The van der Waals surface area contributed by atoms with E-state index in [0.29, 0.717) is 29.4 Å². The minimum absolute atomic E-state index is 0.216. The van der Waals surface area contributed by atoms with Crippen LogP contribution in [0.5, 0.6) is 11.5 Å². The van der Waals surface area contributed by atoms with Gasteiger partial charge in [0, 0.05) is 4.47 Å². The first-order chi connectivity index (χ1) is 17.3. The Morgan fingerprint density at radius 1 is 1.03 bits per heavy atom. The minimum atomic E-state index is -0.818. The fourth-order valence-electron chi connectivity index (χ4n) is 3.63. The average Bonchev–Trinajstić information content (AvgIpc) is 2.84. The summed E-state index contributed by atoms with van der Waals surface area (Å²) in [5.74, 6) is -0.823. The molecular formula is C27H22BrClN2O5. The molecule has 3 aromatic rings. The van der Waals surface area contributed by atoms with Crippen LogP contribution in [0.2, 0.25) is 5.02 Å². The maximum atomic E-state index is 13.2. The van der Waals surface area contributed by atoms with Gasteiger partial charge in [0.15, 0.2) is 11.5 Å². The molecule has 0 aromatic heterocycles. The molecule has 0 unspecified atom stereocenters. The van der Waals surface area contributed by atoms with E-state index in [1.165, 1.54) is 6.08 Å². The lowest BCUT2D eigenvalue weighted by atomic mass is 10.1. The average molecular weight is 570 g/mol. The Kier molecular flexibility index (Phi) is 7.76. The smallest absolute Gasteiger partial charge is 0.335 e. The zero-order chi connectivity index (χ0) is 25.8. The van der Waals surface area contributed by atoms with Crippen molar-refractivity contribution in [2.24, 2.45) is 0 Å². The third-order valence-electron chi connectivity index (χ3n) is 5.37. The maximum Gasteiger partial charge on any atom is 0.335 e. The topological polar surface area (TPSA) is 84.9 Å². The van der Waals surface area contributed by atoms with E-state index >= 15 is 0 Å². The molecule has 1 aliphatic rings. The molecule has 1 heterocycles. The van der Waals surface area contributed by atoms with E-state index in [9.17, 15) is 14.4 Å². The second-order valence-corrected chi connectivity index (χ2v) is 9.19. The van der Waals surface area contributed by atoms with Crippen LogP contribution in [0.15, 0.2) is 70.7 Å². The monoisotopic (exact) mass is 568 g/mol. The van der Waals surface area contributed by atoms with Crippen molar-refractivity contribution in [3.63, 3.8) is 0 Å². The van der Waals surface area contributed by atoms with Crippen LogP contribution < -0.4 is 19.7 Å². The van der Waals surface area contributed by atoms with Crippen molar-refractivity contribution in [2.45, 2.75) is 20.5 Å². The number of anilines is 1. The Morgan fingerprint density at radius 2 is 1.78 bits per heavy atom. The first-order valence-electron chi connectivity index (χ1n) is 11.1. The molecule has 4 rings (SSSR count). The van der Waals surface area contributed by atoms with Gasteiger partial charge >= 0.3 is 6.03 Å². The quantitative estimate of drug-likeness (QED) is 0.276. The van der Waals surface area contributed by atoms with Gasteiger partial charge in [-0.15, -0.1) is 0 Å². The molecule has 1 N–H and O–H groups in total. The third kappa shape index (κ3) is 5.45. The lowest BCUT2D eigenvalue weighted by Gasteiger charge is -2.26. The van der Waals surface area contributed by atoms with Gasteiger partial charge in [0.05, 0.1) is 17.3 Å². The molecule has 0 bridgehead atoms. The standard InChI is InChI=1S/C27H22BrClN2O5/c1-3-35-23-14-18(13-22(29)24(23)36-15-17-7-5-4-6-8-17)12-20-25(32)30-27(34)31(26(20)33)19-9-10-21(28)16(2)11-19/h4-14H,3,15H2,1-2H3,(H,30,32,34)/b20-12+. The molecule has 0 radical (unpaired) electrons. The van der Waals surface area contributed by atoms with Gasteiger partial charge in [0.25, 0.3) is 11.8 Å². The van der Waals surface area contributed by atoms with Gasteiger partial charge in [0.2, 0.25) is 0 Å². The molecule has 0 spiro atoms. The molecule has 0 aliphatic carbocycles. The number of benzene rings is 3. The van der Waals surface area contributed by atoms with Gasteiger partial charge in [-0.05, 0) is 66.9 Å². The van der Waals surface area contributed by atoms with Gasteiger partial charge in [-0.1, -0.05) is 57.9 Å². The maximum absolute atomic E-state index is 13.2. The number of carbonyl (C=O) groups is 3. The summed E-state index contributed by atoms with van der Waals surface area (Å²) < 4.78 is 12.5. The molecule has 0 atom stereocenters. The van der Waals surface area contributed by atoms with Crippen molar-refractivity contribution in [3.8, 4) is 11.5 Å². The second kappa shape index (κ2) is 11.0. The molecule has 4 amide bonds. The summed E-state index contributed by atoms with van der Waals surface area (Å²) in [6, 6.07) is 17.0. The normalized spacial score (nSPS) is 14.7. The fraction of sp³-hybridized carbons (Fsp3) is 0.148. The Hall–Kier alpha value is -3.62. The van der Waals surface area contributed by atoms with Crippen LogP contribution >= 0.6 is 27.5 Å². The Bertz CT molecular complexity index is 1370. The van der Waals surface area contributed by atoms with Gasteiger partial charge in [-0.25, -0.2) is 9.69 Å². The number of aryl methyl sites for hydroxylation is 1. The van der Waals surface area contributed by atoms with Crippen molar-refractivity contribution in [3.05, 3.63) is 92.4 Å². The van der Waals surface area contributed by atoms with Gasteiger partial charge in [-0.3, -0.25) is 14.9 Å². The number of urea groups is 1. The van der Waals surface area contributed by atoms with Gasteiger partial charge in [0.1, 0.15) is 12.2 Å². The molecule has 3 aromatic carbocycles. The van der Waals surface area contributed by atoms with Gasteiger partial charge in [-0.2, -0.15) is 0 Å². The van der Waals surface area contributed by atoms with Crippen molar-refractivity contribution >= 4 is 57.1 Å². The molecular weight excluding hydrogens is 548 g/mol. The van der Waals surface area contributed by atoms with Crippen molar-refractivity contribution in [1.82, 2.24) is 5.32 Å². The number of barbiturate groups is 1. The van der Waals surface area contributed by atoms with Crippen LogP contribution in [0.25, 0.3) is 6.08 Å². The Labute approximate surface area is 221 Å². The summed E-state index contributed by atoms with van der Waals surface area (Å²) in [4.78, 5) is 39.3. The second-order valence-electron chi connectivity index (χ2n) is 7.93. The highest BCUT2D eigenvalue weighted by Gasteiger charge is 2.37. The predicted molar refractivity (Wildman–Crippen MR) is 141 cm³/mol. The van der Waals surface area contributed by atoms with E-state index in [2.05, 4.69) is 21.2 Å². The summed E-state index contributed by atoms with van der Waals surface area (Å²) in [6.45, 7) is 4.29. The highest BCUT2D eigenvalue weighted by molar-refractivity contribution is 9.10. The summed E-state index contributed by atoms with van der Waals surface area (Å²) in [5.41, 5.74) is 2.35. The number of hydrogen-bond acceptors (Lipinski definition) is 5. The van der Waals surface area contributed by atoms with Crippen LogP contribution in [0.1, 0.15) is 23.6 Å². The molecule has 1 saturated heterocycles. The highest BCUT2D eigenvalue weighted by atomic mass is 79.9. The van der Waals surface area contributed by atoms with E-state index in [4.69, 9.17) is 21.1 Å². The third-order valence-corrected chi connectivity index (χ3v) is 6.54. The van der Waals surface area contributed by atoms with Crippen LogP contribution in [0.4, 0.5) is 10.5 Å². The Morgan fingerprint density at radius 3 is 2.47 bits per heavy atom. The molecule has 184 valence electrons. The van der Waals surface area contributed by atoms with Crippen molar-refractivity contribution in [1.29, 1.82) is 0 Å². The summed E-state index contributed by atoms with van der Waals surface area (Å²) in [7, 11) is 0. The zero-order valence-electron chi connectivity index (χ0n) is 19.5. The minimum Gasteiger partial charge on any atom is -0.490 e. The van der Waals surface area contributed by atoms with Gasteiger partial charge < -0.3 is 9.47 Å². The zero-order valence-corrected chi connectivity index (χ0v) is 21.9. The number of rotatable bonds is 7. The molecule has 1 aliphatic heterocycles. The molecule has 7 nitrogen and oxygen atoms in total. The fourth-order valence-corrected chi connectivity index (χ4v) is 4.15. The lowest BCUT2D eigenvalue weighted by Crippen LogP contribution is -2.54. The lowest BCUT2D eigenvalue weighted by molar-refractivity contribution is -0.122. The number of ether oxygens (including phenoxy) is 2. The number of halogens is 2. The van der Waals surface area contributed by atoms with Crippen LogP contribution in [0.3, 0.4) is 0 Å². The summed E-state index contributed by atoms with van der Waals surface area (Å²) in [6.07, 6.45) is 1.37. The van der Waals surface area contributed by atoms with E-state index in [0.717, 1.165) is 20.5 Å². The van der Waals surface area contributed by atoms with Crippen LogP contribution in [-0.2, 0) is 16.2 Å². The van der Waals surface area contributed by atoms with Crippen molar-refractivity contribution < 1.29 is 23.9 Å². The number of nitrogens with zero attached hydrogens (tertiary/aromatic N) is 1.